The van der Waals surface area contributed by atoms with Gasteiger partial charge in [-0.15, -0.1) is 0 Å². The Balaban J connectivity index is 1.35. The van der Waals surface area contributed by atoms with Gasteiger partial charge in [0.05, 0.1) is 24.4 Å². The molecule has 0 radical (unpaired) electrons. The van der Waals surface area contributed by atoms with E-state index in [0.717, 1.165) is 41.4 Å². The van der Waals surface area contributed by atoms with Gasteiger partial charge in [0.25, 0.3) is 0 Å². The standard InChI is InChI=1S/C23H23F2N5O3/c1-30-18-7-13(4-3-12(18)10-27-30)23(5-6-23)29-22(32)28-20-15(11-26-21(20)31)19-16(24)8-14(33-2)9-17(19)25/h3-4,7-10,15,20H,5-6,11H2,1-2H3,(H,26,31)(H2,28,29,32)/t15-,20-/m0/s1. The van der Waals surface area contributed by atoms with Crippen molar-refractivity contribution in [2.24, 2.45) is 7.05 Å². The summed E-state index contributed by atoms with van der Waals surface area (Å²) in [6, 6.07) is 6.33. The number of fused-ring (bicyclic) bond motifs is 1. The molecule has 172 valence electrons. The molecule has 0 unspecified atom stereocenters. The molecule has 1 aliphatic heterocycles. The van der Waals surface area contributed by atoms with Crippen LogP contribution in [0.2, 0.25) is 0 Å². The summed E-state index contributed by atoms with van der Waals surface area (Å²) in [6.07, 6.45) is 3.26. The minimum atomic E-state index is -1.11. The summed E-state index contributed by atoms with van der Waals surface area (Å²) in [7, 11) is 3.16. The van der Waals surface area contributed by atoms with Gasteiger partial charge < -0.3 is 20.7 Å². The van der Waals surface area contributed by atoms with Crippen LogP contribution in [0.5, 0.6) is 5.75 Å². The number of rotatable bonds is 5. The fraction of sp³-hybridized carbons (Fsp3) is 0.348. The minimum absolute atomic E-state index is 0.00620. The molecule has 3 aromatic rings. The molecule has 3 N–H and O–H groups in total. The number of aromatic nitrogens is 2. The van der Waals surface area contributed by atoms with E-state index < -0.39 is 41.1 Å². The van der Waals surface area contributed by atoms with E-state index in [1.54, 1.807) is 10.9 Å². The smallest absolute Gasteiger partial charge is 0.316 e. The van der Waals surface area contributed by atoms with Gasteiger partial charge in [-0.3, -0.25) is 9.48 Å². The molecule has 1 saturated heterocycles. The Morgan fingerprint density at radius 3 is 2.64 bits per heavy atom. The number of benzene rings is 2. The lowest BCUT2D eigenvalue weighted by atomic mass is 9.92. The highest BCUT2D eigenvalue weighted by molar-refractivity contribution is 5.90. The lowest BCUT2D eigenvalue weighted by Gasteiger charge is -2.23. The first-order valence-corrected chi connectivity index (χ1v) is 10.6. The average molecular weight is 455 g/mol. The van der Waals surface area contributed by atoms with Crippen LogP contribution in [-0.4, -0.2) is 41.4 Å². The number of amides is 3. The van der Waals surface area contributed by atoms with E-state index in [4.69, 9.17) is 4.74 Å². The van der Waals surface area contributed by atoms with Crippen molar-refractivity contribution >= 4 is 22.8 Å². The summed E-state index contributed by atoms with van der Waals surface area (Å²) in [5.41, 5.74) is 1.07. The number of halogens is 2. The Morgan fingerprint density at radius 2 is 1.97 bits per heavy atom. The third-order valence-corrected chi connectivity index (χ3v) is 6.53. The lowest BCUT2D eigenvalue weighted by molar-refractivity contribution is -0.120. The number of nitrogens with zero attached hydrogens (tertiary/aromatic N) is 2. The normalized spacial score (nSPS) is 21.0. The molecule has 0 spiro atoms. The topological polar surface area (TPSA) is 97.3 Å². The summed E-state index contributed by atoms with van der Waals surface area (Å²) < 4.78 is 35.9. The number of hydrogen-bond donors (Lipinski definition) is 3. The molecule has 10 heteroatoms. The van der Waals surface area contributed by atoms with Gasteiger partial charge in [0.2, 0.25) is 5.91 Å². The van der Waals surface area contributed by atoms with Crippen LogP contribution in [0, 0.1) is 11.6 Å². The van der Waals surface area contributed by atoms with Crippen LogP contribution in [-0.2, 0) is 17.4 Å². The van der Waals surface area contributed by atoms with Crippen molar-refractivity contribution in [1.29, 1.82) is 0 Å². The molecular weight excluding hydrogens is 432 g/mol. The highest BCUT2D eigenvalue weighted by atomic mass is 19.1. The predicted molar refractivity (Wildman–Crippen MR) is 116 cm³/mol. The van der Waals surface area contributed by atoms with E-state index in [9.17, 15) is 18.4 Å². The van der Waals surface area contributed by atoms with E-state index in [0.29, 0.717) is 0 Å². The second-order valence-electron chi connectivity index (χ2n) is 8.56. The SMILES string of the molecule is COc1cc(F)c([C@@H]2CNC(=O)[C@H]2NC(=O)NC2(c3ccc4cnn(C)c4c3)CC2)c(F)c1. The van der Waals surface area contributed by atoms with Crippen molar-refractivity contribution in [3.8, 4) is 5.75 Å². The minimum Gasteiger partial charge on any atom is -0.497 e. The molecule has 2 aromatic carbocycles. The average Bonchev–Trinajstić information content (AvgIpc) is 3.36. The van der Waals surface area contributed by atoms with Crippen molar-refractivity contribution in [1.82, 2.24) is 25.7 Å². The van der Waals surface area contributed by atoms with Crippen LogP contribution < -0.4 is 20.7 Å². The number of nitrogens with one attached hydrogen (secondary N) is 3. The van der Waals surface area contributed by atoms with Crippen molar-refractivity contribution in [3.05, 3.63) is 59.3 Å². The van der Waals surface area contributed by atoms with Crippen molar-refractivity contribution < 1.29 is 23.1 Å². The first-order valence-electron chi connectivity index (χ1n) is 10.6. The molecule has 33 heavy (non-hydrogen) atoms. The number of methoxy groups -OCH3 is 1. The van der Waals surface area contributed by atoms with E-state index in [2.05, 4.69) is 21.0 Å². The lowest BCUT2D eigenvalue weighted by Crippen LogP contribution is -2.50. The van der Waals surface area contributed by atoms with Crippen molar-refractivity contribution in [2.45, 2.75) is 30.3 Å². The van der Waals surface area contributed by atoms with Gasteiger partial charge in [0.1, 0.15) is 23.4 Å². The molecule has 2 heterocycles. The Bertz CT molecular complexity index is 1250. The van der Waals surface area contributed by atoms with Crippen LogP contribution in [0.3, 0.4) is 0 Å². The first-order chi connectivity index (χ1) is 15.8. The van der Waals surface area contributed by atoms with Gasteiger partial charge in [0.15, 0.2) is 0 Å². The number of carbonyl (C=O) groups is 2. The van der Waals surface area contributed by atoms with Crippen molar-refractivity contribution in [3.63, 3.8) is 0 Å². The number of carbonyl (C=O) groups excluding carboxylic acids is 2. The second-order valence-corrected chi connectivity index (χ2v) is 8.56. The molecule has 5 rings (SSSR count). The van der Waals surface area contributed by atoms with Gasteiger partial charge >= 0.3 is 6.03 Å². The summed E-state index contributed by atoms with van der Waals surface area (Å²) in [6.45, 7) is 0.00620. The molecule has 2 atom stereocenters. The molecule has 3 amide bonds. The zero-order valence-electron chi connectivity index (χ0n) is 18.1. The molecule has 2 aliphatic rings. The summed E-state index contributed by atoms with van der Waals surface area (Å²) in [4.78, 5) is 25.3. The Labute approximate surface area is 188 Å². The molecule has 8 nitrogen and oxygen atoms in total. The summed E-state index contributed by atoms with van der Waals surface area (Å²) in [5, 5.41) is 13.4. The number of urea groups is 1. The van der Waals surface area contributed by atoms with Crippen LogP contribution in [0.4, 0.5) is 13.6 Å². The molecule has 2 fully saturated rings. The molecular formula is C23H23F2N5O3. The van der Waals surface area contributed by atoms with Crippen LogP contribution >= 0.6 is 0 Å². The zero-order valence-corrected chi connectivity index (χ0v) is 18.1. The van der Waals surface area contributed by atoms with Crippen LogP contribution in [0.15, 0.2) is 36.5 Å². The first kappa shape index (κ1) is 21.2. The maximum Gasteiger partial charge on any atom is 0.316 e. The fourth-order valence-corrected chi connectivity index (χ4v) is 4.54. The molecule has 0 bridgehead atoms. The van der Waals surface area contributed by atoms with E-state index >= 15 is 0 Å². The van der Waals surface area contributed by atoms with Gasteiger partial charge in [-0.05, 0) is 24.5 Å². The van der Waals surface area contributed by atoms with Crippen molar-refractivity contribution in [2.75, 3.05) is 13.7 Å². The van der Waals surface area contributed by atoms with E-state index in [1.165, 1.54) is 7.11 Å². The number of aryl methyl sites for hydroxylation is 1. The van der Waals surface area contributed by atoms with E-state index in [-0.39, 0.29) is 17.9 Å². The Kier molecular flexibility index (Phi) is 4.95. The number of ether oxygens (including phenoxy) is 1. The zero-order chi connectivity index (χ0) is 23.3. The highest BCUT2D eigenvalue weighted by Crippen LogP contribution is 2.46. The molecule has 1 aliphatic carbocycles. The Hall–Kier alpha value is -3.69. The van der Waals surface area contributed by atoms with E-state index in [1.807, 2.05) is 25.2 Å². The molecule has 1 saturated carbocycles. The van der Waals surface area contributed by atoms with Gasteiger partial charge in [-0.2, -0.15) is 5.10 Å². The van der Waals surface area contributed by atoms with Gasteiger partial charge in [0, 0.05) is 42.6 Å². The number of hydrogen-bond acceptors (Lipinski definition) is 4. The monoisotopic (exact) mass is 455 g/mol. The largest absolute Gasteiger partial charge is 0.497 e. The Morgan fingerprint density at radius 1 is 1.24 bits per heavy atom. The second kappa shape index (κ2) is 7.72. The third-order valence-electron chi connectivity index (χ3n) is 6.53. The maximum atomic E-state index is 14.6. The fourth-order valence-electron chi connectivity index (χ4n) is 4.54. The maximum absolute atomic E-state index is 14.6. The van der Waals surface area contributed by atoms with Crippen LogP contribution in [0.1, 0.15) is 29.9 Å². The third kappa shape index (κ3) is 3.65. The highest BCUT2D eigenvalue weighted by Gasteiger charge is 2.47. The quantitative estimate of drug-likeness (QED) is 0.551. The summed E-state index contributed by atoms with van der Waals surface area (Å²) >= 11 is 0. The summed E-state index contributed by atoms with van der Waals surface area (Å²) in [5.74, 6) is -3.01. The van der Waals surface area contributed by atoms with Crippen LogP contribution in [0.25, 0.3) is 10.9 Å². The van der Waals surface area contributed by atoms with Gasteiger partial charge in [-0.25, -0.2) is 13.6 Å². The van der Waals surface area contributed by atoms with Gasteiger partial charge in [-0.1, -0.05) is 12.1 Å². The predicted octanol–water partition coefficient (Wildman–Crippen LogP) is 2.43. The molecule has 1 aromatic heterocycles.